The van der Waals surface area contributed by atoms with E-state index in [9.17, 15) is 4.79 Å². The number of carbonyl (C=O) groups is 1. The van der Waals surface area contributed by atoms with Crippen LogP contribution >= 0.6 is 0 Å². The lowest BCUT2D eigenvalue weighted by Crippen LogP contribution is -2.28. The predicted molar refractivity (Wildman–Crippen MR) is 51.7 cm³/mol. The van der Waals surface area contributed by atoms with Crippen LogP contribution in [0.25, 0.3) is 0 Å². The average molecular weight is 193 g/mol. The Morgan fingerprint density at radius 3 is 2.71 bits per heavy atom. The smallest absolute Gasteiger partial charge is 0.275 e. The molecule has 1 heterocycles. The fraction of sp³-hybridized carbons (Fsp3) is 0.222. The molecular weight excluding hydrogens is 182 g/mol. The van der Waals surface area contributed by atoms with Crippen LogP contribution in [0.4, 0.5) is 0 Å². The monoisotopic (exact) mass is 193 g/mol. The van der Waals surface area contributed by atoms with Gasteiger partial charge < -0.3 is 10.1 Å². The fourth-order valence-corrected chi connectivity index (χ4v) is 0.870. The highest BCUT2D eigenvalue weighted by atomic mass is 16.5. The van der Waals surface area contributed by atoms with Crippen LogP contribution in [-0.2, 0) is 0 Å². The van der Waals surface area contributed by atoms with Crippen LogP contribution in [0.3, 0.4) is 0 Å². The van der Waals surface area contributed by atoms with Crippen LogP contribution in [0.1, 0.15) is 17.4 Å². The van der Waals surface area contributed by atoms with Crippen molar-refractivity contribution >= 4 is 11.7 Å². The van der Waals surface area contributed by atoms with E-state index in [2.05, 4.69) is 10.3 Å². The zero-order chi connectivity index (χ0) is 10.6. The first-order chi connectivity index (χ1) is 6.63. The molecule has 0 spiro atoms. The van der Waals surface area contributed by atoms with Crippen molar-refractivity contribution in [3.63, 3.8) is 0 Å². The minimum atomic E-state index is -0.389. The maximum absolute atomic E-state index is 11.3. The van der Waals surface area contributed by atoms with Gasteiger partial charge in [0.05, 0.1) is 19.1 Å². The molecule has 0 aromatic carbocycles. The third-order valence-electron chi connectivity index (χ3n) is 1.51. The summed E-state index contributed by atoms with van der Waals surface area (Å²) in [5, 5.41) is 9.41. The van der Waals surface area contributed by atoms with Gasteiger partial charge in [0.2, 0.25) is 0 Å². The molecule has 1 aromatic rings. The van der Waals surface area contributed by atoms with Crippen molar-refractivity contribution in [2.45, 2.75) is 6.92 Å². The summed E-state index contributed by atoms with van der Waals surface area (Å²) in [6.45, 7) is 1.49. The van der Waals surface area contributed by atoms with Crippen LogP contribution in [0.15, 0.2) is 18.3 Å². The third kappa shape index (κ3) is 2.55. The second-order valence-corrected chi connectivity index (χ2v) is 2.66. The number of rotatable bonds is 2. The lowest BCUT2D eigenvalue weighted by molar-refractivity contribution is 0.0972. The second-order valence-electron chi connectivity index (χ2n) is 2.66. The van der Waals surface area contributed by atoms with Gasteiger partial charge in [-0.05, 0) is 19.1 Å². The van der Waals surface area contributed by atoms with Gasteiger partial charge in [0.15, 0.2) is 0 Å². The molecule has 74 valence electrons. The average Bonchev–Trinajstić information content (AvgIpc) is 2.17. The molecule has 14 heavy (non-hydrogen) atoms. The summed E-state index contributed by atoms with van der Waals surface area (Å²) in [7, 11) is 1.53. The molecule has 1 aromatic heterocycles. The topological polar surface area (TPSA) is 75.1 Å². The molecule has 0 aliphatic carbocycles. The molecule has 0 fully saturated rings. The van der Waals surface area contributed by atoms with Crippen molar-refractivity contribution in [3.8, 4) is 5.75 Å². The van der Waals surface area contributed by atoms with Crippen molar-refractivity contribution in [2.24, 2.45) is 0 Å². The molecule has 5 heteroatoms. The van der Waals surface area contributed by atoms with Gasteiger partial charge in [-0.25, -0.2) is 4.98 Å². The van der Waals surface area contributed by atoms with Crippen LogP contribution in [0.5, 0.6) is 5.75 Å². The molecule has 0 unspecified atom stereocenters. The Bertz CT molecular complexity index is 346. The summed E-state index contributed by atoms with van der Waals surface area (Å²) >= 11 is 0. The molecule has 5 nitrogen and oxygen atoms in total. The summed E-state index contributed by atoms with van der Waals surface area (Å²) in [5.41, 5.74) is 0.261. The fourth-order valence-electron chi connectivity index (χ4n) is 0.870. The first-order valence-corrected chi connectivity index (χ1v) is 4.00. The van der Waals surface area contributed by atoms with E-state index in [0.29, 0.717) is 5.75 Å². The second kappa shape index (κ2) is 4.36. The van der Waals surface area contributed by atoms with Gasteiger partial charge in [-0.1, -0.05) is 0 Å². The Balaban J connectivity index is 2.76. The number of amides is 1. The van der Waals surface area contributed by atoms with Crippen LogP contribution in [0.2, 0.25) is 0 Å². The highest BCUT2D eigenvalue weighted by Crippen LogP contribution is 2.07. The number of hydrogen-bond donors (Lipinski definition) is 2. The van der Waals surface area contributed by atoms with Gasteiger partial charge in [0.1, 0.15) is 11.4 Å². The largest absolute Gasteiger partial charge is 0.495 e. The van der Waals surface area contributed by atoms with Crippen molar-refractivity contribution in [2.75, 3.05) is 7.11 Å². The number of ether oxygens (including phenoxy) is 1. The standard InChI is InChI=1S/C9H11N3O2/c1-6(10)12-9(13)8-4-3-7(14-2)5-11-8/h3-5H,1-2H3,(H2,10,12,13). The summed E-state index contributed by atoms with van der Waals surface area (Å²) < 4.78 is 4.89. The molecule has 0 saturated heterocycles. The number of nitrogens with one attached hydrogen (secondary N) is 2. The Hall–Kier alpha value is -1.91. The minimum absolute atomic E-state index is 0.0904. The van der Waals surface area contributed by atoms with Crippen molar-refractivity contribution < 1.29 is 9.53 Å². The van der Waals surface area contributed by atoms with Crippen LogP contribution < -0.4 is 10.1 Å². The molecule has 0 saturated carbocycles. The Kier molecular flexibility index (Phi) is 3.17. The number of methoxy groups -OCH3 is 1. The number of amidine groups is 1. The Labute approximate surface area is 81.6 Å². The third-order valence-corrected chi connectivity index (χ3v) is 1.51. The van der Waals surface area contributed by atoms with E-state index in [-0.39, 0.29) is 17.4 Å². The lowest BCUT2D eigenvalue weighted by Gasteiger charge is -2.02. The maximum Gasteiger partial charge on any atom is 0.275 e. The first kappa shape index (κ1) is 10.2. The summed E-state index contributed by atoms with van der Waals surface area (Å²) in [6.07, 6.45) is 1.45. The van der Waals surface area contributed by atoms with E-state index >= 15 is 0 Å². The van der Waals surface area contributed by atoms with Gasteiger partial charge in [0.25, 0.3) is 5.91 Å². The molecule has 1 amide bonds. The van der Waals surface area contributed by atoms with E-state index < -0.39 is 0 Å². The molecule has 0 aliphatic heterocycles. The molecule has 0 radical (unpaired) electrons. The quantitative estimate of drug-likeness (QED) is 0.539. The summed E-state index contributed by atoms with van der Waals surface area (Å²) in [4.78, 5) is 15.2. The van der Waals surface area contributed by atoms with Gasteiger partial charge in [-0.2, -0.15) is 0 Å². The van der Waals surface area contributed by atoms with Crippen LogP contribution in [0, 0.1) is 5.41 Å². The van der Waals surface area contributed by atoms with Gasteiger partial charge >= 0.3 is 0 Å². The molecule has 0 atom stereocenters. The van der Waals surface area contributed by atoms with E-state index in [0.717, 1.165) is 0 Å². The highest BCUT2D eigenvalue weighted by molar-refractivity contribution is 6.03. The number of carbonyl (C=O) groups excluding carboxylic acids is 1. The lowest BCUT2D eigenvalue weighted by atomic mass is 10.3. The van der Waals surface area contributed by atoms with Gasteiger partial charge in [-0.3, -0.25) is 10.2 Å². The Morgan fingerprint density at radius 2 is 2.29 bits per heavy atom. The van der Waals surface area contributed by atoms with Gasteiger partial charge in [0, 0.05) is 0 Å². The molecular formula is C9H11N3O2. The maximum atomic E-state index is 11.3. The predicted octanol–water partition coefficient (Wildman–Crippen LogP) is 0.817. The molecule has 0 aliphatic rings. The van der Waals surface area contributed by atoms with Crippen molar-refractivity contribution in [1.82, 2.24) is 10.3 Å². The SMILES string of the molecule is COc1ccc(C(=O)NC(C)=N)nc1. The van der Waals surface area contributed by atoms with E-state index in [1.165, 1.54) is 26.3 Å². The van der Waals surface area contributed by atoms with Crippen LogP contribution in [-0.4, -0.2) is 23.8 Å². The number of pyridine rings is 1. The summed E-state index contributed by atoms with van der Waals surface area (Å²) in [5.74, 6) is 0.292. The van der Waals surface area contributed by atoms with E-state index in [1.807, 2.05) is 0 Å². The molecule has 1 rings (SSSR count). The number of hydrogen-bond acceptors (Lipinski definition) is 4. The van der Waals surface area contributed by atoms with Crippen molar-refractivity contribution in [3.05, 3.63) is 24.0 Å². The van der Waals surface area contributed by atoms with Crippen molar-refractivity contribution in [1.29, 1.82) is 5.41 Å². The molecule has 2 N–H and O–H groups in total. The Morgan fingerprint density at radius 1 is 1.57 bits per heavy atom. The number of aromatic nitrogens is 1. The van der Waals surface area contributed by atoms with E-state index in [1.54, 1.807) is 6.07 Å². The highest BCUT2D eigenvalue weighted by Gasteiger charge is 2.06. The number of nitrogens with zero attached hydrogens (tertiary/aromatic N) is 1. The normalized spacial score (nSPS) is 9.29. The minimum Gasteiger partial charge on any atom is -0.495 e. The zero-order valence-corrected chi connectivity index (χ0v) is 8.00. The molecule has 0 bridgehead atoms. The first-order valence-electron chi connectivity index (χ1n) is 4.00. The summed E-state index contributed by atoms with van der Waals surface area (Å²) in [6, 6.07) is 3.18. The van der Waals surface area contributed by atoms with E-state index in [4.69, 9.17) is 10.1 Å². The zero-order valence-electron chi connectivity index (χ0n) is 8.00. The van der Waals surface area contributed by atoms with Gasteiger partial charge in [-0.15, -0.1) is 0 Å².